The average Bonchev–Trinajstić information content (AvgIpc) is 2.78. The Hall–Kier alpha value is -1.46. The van der Waals surface area contributed by atoms with Crippen molar-refractivity contribution in [2.45, 2.75) is 6.92 Å². The van der Waals surface area contributed by atoms with Gasteiger partial charge in [-0.2, -0.15) is 5.10 Å². The molecule has 2 heterocycles. The number of nitrogens with zero attached hydrogens (tertiary/aromatic N) is 2. The third kappa shape index (κ3) is 2.81. The fraction of sp³-hybridized carbons (Fsp3) is 0.182. The van der Waals surface area contributed by atoms with Crippen molar-refractivity contribution in [1.82, 2.24) is 10.2 Å². The van der Waals surface area contributed by atoms with Gasteiger partial charge < -0.3 is 4.74 Å². The molecule has 0 aromatic carbocycles. The van der Waals surface area contributed by atoms with E-state index < -0.39 is 0 Å². The largest absolute Gasteiger partial charge is 0.462 e. The Morgan fingerprint density at radius 3 is 3.06 bits per heavy atom. The molecule has 0 atom stereocenters. The van der Waals surface area contributed by atoms with E-state index in [1.54, 1.807) is 25.1 Å². The topological polar surface area (TPSA) is 52.1 Å². The summed E-state index contributed by atoms with van der Waals surface area (Å²) in [5, 5.41) is 8.23. The highest BCUT2D eigenvalue weighted by Gasteiger charge is 2.12. The number of carbonyl (C=O) groups is 1. The summed E-state index contributed by atoms with van der Waals surface area (Å²) in [6, 6.07) is 5.22. The zero-order valence-electron chi connectivity index (χ0n) is 9.01. The number of halogens is 1. The standard InChI is InChI=1S/C11H9ClN2O2S/c1-2-16-11(15)10-4-3-9(17-10)8-5-7(12)6-13-14-8/h3-6H,2H2,1H3. The van der Waals surface area contributed by atoms with Gasteiger partial charge in [0.15, 0.2) is 0 Å². The van der Waals surface area contributed by atoms with Crippen LogP contribution in [-0.4, -0.2) is 22.8 Å². The van der Waals surface area contributed by atoms with Crippen molar-refractivity contribution >= 4 is 28.9 Å². The molecule has 2 aromatic rings. The minimum absolute atomic E-state index is 0.321. The van der Waals surface area contributed by atoms with Crippen LogP contribution in [0.1, 0.15) is 16.6 Å². The van der Waals surface area contributed by atoms with Crippen LogP contribution in [0.25, 0.3) is 10.6 Å². The lowest BCUT2D eigenvalue weighted by atomic mass is 10.3. The predicted octanol–water partition coefficient (Wildman–Crippen LogP) is 3.04. The van der Waals surface area contributed by atoms with E-state index in [4.69, 9.17) is 16.3 Å². The molecule has 0 unspecified atom stereocenters. The lowest BCUT2D eigenvalue weighted by Crippen LogP contribution is -2.01. The predicted molar refractivity (Wildman–Crippen MR) is 66.3 cm³/mol. The number of rotatable bonds is 3. The number of aromatic nitrogens is 2. The Bertz CT molecular complexity index is 542. The SMILES string of the molecule is CCOC(=O)c1ccc(-c2cc(Cl)cnn2)s1. The molecule has 0 aliphatic heterocycles. The molecular weight excluding hydrogens is 260 g/mol. The Labute approximate surface area is 107 Å². The second kappa shape index (κ2) is 5.25. The third-order valence-electron chi connectivity index (χ3n) is 1.96. The normalized spacial score (nSPS) is 10.2. The van der Waals surface area contributed by atoms with E-state index in [0.717, 1.165) is 4.88 Å². The van der Waals surface area contributed by atoms with Crippen molar-refractivity contribution in [3.63, 3.8) is 0 Å². The Balaban J connectivity index is 2.27. The summed E-state index contributed by atoms with van der Waals surface area (Å²) in [5.74, 6) is -0.321. The van der Waals surface area contributed by atoms with Gasteiger partial charge >= 0.3 is 5.97 Å². The van der Waals surface area contributed by atoms with Crippen LogP contribution >= 0.6 is 22.9 Å². The first-order valence-corrected chi connectivity index (χ1v) is 6.15. The molecule has 0 saturated carbocycles. The molecule has 0 spiro atoms. The molecule has 0 aliphatic carbocycles. The Kier molecular flexibility index (Phi) is 3.71. The fourth-order valence-corrected chi connectivity index (χ4v) is 2.25. The van der Waals surface area contributed by atoms with Crippen molar-refractivity contribution in [2.75, 3.05) is 6.61 Å². The fourth-order valence-electron chi connectivity index (χ4n) is 1.25. The summed E-state index contributed by atoms with van der Waals surface area (Å²) in [7, 11) is 0. The van der Waals surface area contributed by atoms with Gasteiger partial charge in [0, 0.05) is 0 Å². The van der Waals surface area contributed by atoms with Crippen LogP contribution in [0, 0.1) is 0 Å². The highest BCUT2D eigenvalue weighted by molar-refractivity contribution is 7.17. The second-order valence-electron chi connectivity index (χ2n) is 3.14. The van der Waals surface area contributed by atoms with Crippen LogP contribution in [0.15, 0.2) is 24.4 Å². The van der Waals surface area contributed by atoms with Crippen molar-refractivity contribution in [1.29, 1.82) is 0 Å². The summed E-state index contributed by atoms with van der Waals surface area (Å²) in [6.07, 6.45) is 1.46. The second-order valence-corrected chi connectivity index (χ2v) is 4.66. The van der Waals surface area contributed by atoms with Gasteiger partial charge in [0.05, 0.1) is 22.7 Å². The maximum absolute atomic E-state index is 11.5. The van der Waals surface area contributed by atoms with E-state index in [9.17, 15) is 4.79 Å². The number of carbonyl (C=O) groups excluding carboxylic acids is 1. The minimum atomic E-state index is -0.321. The van der Waals surface area contributed by atoms with Gasteiger partial charge in [-0.1, -0.05) is 11.6 Å². The third-order valence-corrected chi connectivity index (χ3v) is 3.25. The Morgan fingerprint density at radius 1 is 1.53 bits per heavy atom. The van der Waals surface area contributed by atoms with Crippen molar-refractivity contribution in [2.24, 2.45) is 0 Å². The lowest BCUT2D eigenvalue weighted by Gasteiger charge is -1.97. The van der Waals surface area contributed by atoms with Crippen LogP contribution in [0.3, 0.4) is 0 Å². The number of hydrogen-bond donors (Lipinski definition) is 0. The smallest absolute Gasteiger partial charge is 0.348 e. The molecule has 0 radical (unpaired) electrons. The van der Waals surface area contributed by atoms with Gasteiger partial charge in [-0.05, 0) is 25.1 Å². The maximum atomic E-state index is 11.5. The first-order chi connectivity index (χ1) is 8.20. The molecule has 0 aliphatic rings. The van der Waals surface area contributed by atoms with Gasteiger partial charge in [0.25, 0.3) is 0 Å². The van der Waals surface area contributed by atoms with Crippen LogP contribution in [0.4, 0.5) is 0 Å². The molecule has 2 rings (SSSR count). The van der Waals surface area contributed by atoms with E-state index in [1.807, 2.05) is 0 Å². The van der Waals surface area contributed by atoms with E-state index in [-0.39, 0.29) is 5.97 Å². The molecule has 0 amide bonds. The monoisotopic (exact) mass is 268 g/mol. The quantitative estimate of drug-likeness (QED) is 0.803. The average molecular weight is 269 g/mol. The van der Waals surface area contributed by atoms with Crippen molar-refractivity contribution in [3.05, 3.63) is 34.3 Å². The zero-order valence-corrected chi connectivity index (χ0v) is 10.6. The lowest BCUT2D eigenvalue weighted by molar-refractivity contribution is 0.0532. The first-order valence-electron chi connectivity index (χ1n) is 4.96. The number of thiophene rings is 1. The summed E-state index contributed by atoms with van der Waals surface area (Å²) in [4.78, 5) is 12.9. The van der Waals surface area contributed by atoms with Crippen molar-refractivity contribution in [3.8, 4) is 10.6 Å². The van der Waals surface area contributed by atoms with Crippen LogP contribution in [-0.2, 0) is 4.74 Å². The molecule has 88 valence electrons. The minimum Gasteiger partial charge on any atom is -0.462 e. The Morgan fingerprint density at radius 2 is 2.35 bits per heavy atom. The van der Waals surface area contributed by atoms with Crippen molar-refractivity contribution < 1.29 is 9.53 Å². The summed E-state index contributed by atoms with van der Waals surface area (Å²) in [6.45, 7) is 2.14. The van der Waals surface area contributed by atoms with Crippen LogP contribution in [0.2, 0.25) is 5.02 Å². The van der Waals surface area contributed by atoms with Crippen LogP contribution < -0.4 is 0 Å². The number of hydrogen-bond acceptors (Lipinski definition) is 5. The molecule has 17 heavy (non-hydrogen) atoms. The molecule has 0 fully saturated rings. The molecule has 6 heteroatoms. The summed E-state index contributed by atoms with van der Waals surface area (Å²) < 4.78 is 4.91. The number of esters is 1. The maximum Gasteiger partial charge on any atom is 0.348 e. The molecule has 0 saturated heterocycles. The highest BCUT2D eigenvalue weighted by atomic mass is 35.5. The molecule has 0 N–H and O–H groups in total. The first kappa shape index (κ1) is 12.0. The van der Waals surface area contributed by atoms with Gasteiger partial charge in [-0.25, -0.2) is 4.79 Å². The molecular formula is C11H9ClN2O2S. The van der Waals surface area contributed by atoms with Gasteiger partial charge in [0.2, 0.25) is 0 Å². The van der Waals surface area contributed by atoms with E-state index in [1.165, 1.54) is 17.5 Å². The van der Waals surface area contributed by atoms with Gasteiger partial charge in [-0.15, -0.1) is 16.4 Å². The molecule has 4 nitrogen and oxygen atoms in total. The van der Waals surface area contributed by atoms with Gasteiger partial charge in [-0.3, -0.25) is 0 Å². The summed E-state index contributed by atoms with van der Waals surface area (Å²) >= 11 is 7.13. The highest BCUT2D eigenvalue weighted by Crippen LogP contribution is 2.27. The van der Waals surface area contributed by atoms with E-state index >= 15 is 0 Å². The van der Waals surface area contributed by atoms with Crippen LogP contribution in [0.5, 0.6) is 0 Å². The van der Waals surface area contributed by atoms with Gasteiger partial charge in [0.1, 0.15) is 10.6 Å². The molecule has 2 aromatic heterocycles. The zero-order chi connectivity index (χ0) is 12.3. The summed E-state index contributed by atoms with van der Waals surface area (Å²) in [5.41, 5.74) is 0.651. The van der Waals surface area contributed by atoms with E-state index in [2.05, 4.69) is 10.2 Å². The van der Waals surface area contributed by atoms with E-state index in [0.29, 0.717) is 22.2 Å². The number of ether oxygens (including phenoxy) is 1. The molecule has 0 bridgehead atoms.